The van der Waals surface area contributed by atoms with Crippen molar-refractivity contribution < 1.29 is 17.9 Å². The second-order valence-corrected chi connectivity index (χ2v) is 10.5. The first kappa shape index (κ1) is 28.6. The van der Waals surface area contributed by atoms with Gasteiger partial charge in [0.15, 0.2) is 0 Å². The number of piperidine rings is 1. The summed E-state index contributed by atoms with van der Waals surface area (Å²) in [6.45, 7) is 12.2. The molecule has 1 heterocycles. The third-order valence-corrected chi connectivity index (χ3v) is 7.57. The number of alkyl halides is 3. The number of hydrogen-bond acceptors (Lipinski definition) is 3. The first-order chi connectivity index (χ1) is 18.7. The van der Waals surface area contributed by atoms with Gasteiger partial charge in [0.2, 0.25) is 0 Å². The van der Waals surface area contributed by atoms with Gasteiger partial charge < -0.3 is 14.5 Å². The molecule has 1 atom stereocenters. The van der Waals surface area contributed by atoms with Crippen LogP contribution in [0, 0.1) is 6.92 Å². The first-order valence-corrected chi connectivity index (χ1v) is 13.9. The fourth-order valence-corrected chi connectivity index (χ4v) is 5.51. The molecule has 0 N–H and O–H groups in total. The van der Waals surface area contributed by atoms with E-state index in [1.165, 1.54) is 23.4 Å². The largest absolute Gasteiger partial charge is 0.481 e. The Morgan fingerprint density at radius 1 is 0.974 bits per heavy atom. The smallest absolute Gasteiger partial charge is 0.416 e. The minimum atomic E-state index is -4.38. The van der Waals surface area contributed by atoms with Crippen LogP contribution in [0.15, 0.2) is 91.0 Å². The van der Waals surface area contributed by atoms with Crippen LogP contribution in [0.3, 0.4) is 0 Å². The molecular weight excluding hydrogens is 497 g/mol. The van der Waals surface area contributed by atoms with Crippen LogP contribution in [-0.2, 0) is 6.18 Å². The summed E-state index contributed by atoms with van der Waals surface area (Å²) in [7, 11) is 0. The van der Waals surface area contributed by atoms with Gasteiger partial charge in [-0.1, -0.05) is 49.9 Å². The number of anilines is 2. The average molecular weight is 537 g/mol. The number of nitrogens with zero attached hydrogens (tertiary/aromatic N) is 2. The molecule has 4 rings (SSSR count). The van der Waals surface area contributed by atoms with Gasteiger partial charge >= 0.3 is 6.18 Å². The maximum atomic E-state index is 13.2. The lowest BCUT2D eigenvalue weighted by Gasteiger charge is -2.45. The van der Waals surface area contributed by atoms with Crippen molar-refractivity contribution >= 4 is 11.4 Å². The SMILES string of the molecule is C=C(CCCN(CCC)c1ccccc1C)C1(Oc2ccc(C(F)(F)F)cc2)CCCN(c2ccccc2)C1. The summed E-state index contributed by atoms with van der Waals surface area (Å²) in [5, 5.41) is 0. The molecule has 3 aromatic carbocycles. The summed E-state index contributed by atoms with van der Waals surface area (Å²) in [5.74, 6) is 0.437. The van der Waals surface area contributed by atoms with Gasteiger partial charge in [-0.05, 0) is 92.6 Å². The van der Waals surface area contributed by atoms with Crippen LogP contribution < -0.4 is 14.5 Å². The third-order valence-electron chi connectivity index (χ3n) is 7.57. The van der Waals surface area contributed by atoms with Crippen molar-refractivity contribution in [2.45, 2.75) is 57.7 Å². The molecule has 3 nitrogen and oxygen atoms in total. The normalized spacial score (nSPS) is 17.6. The summed E-state index contributed by atoms with van der Waals surface area (Å²) in [6.07, 6.45) is 0.0386. The maximum Gasteiger partial charge on any atom is 0.416 e. The van der Waals surface area contributed by atoms with Gasteiger partial charge in [-0.2, -0.15) is 13.2 Å². The Balaban J connectivity index is 1.53. The van der Waals surface area contributed by atoms with E-state index in [4.69, 9.17) is 4.74 Å². The molecule has 39 heavy (non-hydrogen) atoms. The second-order valence-electron chi connectivity index (χ2n) is 10.5. The highest BCUT2D eigenvalue weighted by atomic mass is 19.4. The number of benzene rings is 3. The van der Waals surface area contributed by atoms with E-state index in [9.17, 15) is 13.2 Å². The Bertz CT molecular complexity index is 1210. The van der Waals surface area contributed by atoms with Crippen LogP contribution >= 0.6 is 0 Å². The van der Waals surface area contributed by atoms with Crippen molar-refractivity contribution in [3.8, 4) is 5.75 Å². The average Bonchev–Trinajstić information content (AvgIpc) is 2.93. The van der Waals surface area contributed by atoms with Crippen molar-refractivity contribution in [1.82, 2.24) is 0 Å². The van der Waals surface area contributed by atoms with Crippen molar-refractivity contribution in [3.05, 3.63) is 102 Å². The van der Waals surface area contributed by atoms with E-state index >= 15 is 0 Å². The summed E-state index contributed by atoms with van der Waals surface area (Å²) >= 11 is 0. The Hall–Kier alpha value is -3.41. The lowest BCUT2D eigenvalue weighted by atomic mass is 9.83. The molecule has 1 unspecified atom stereocenters. The van der Waals surface area contributed by atoms with Crippen LogP contribution in [0.4, 0.5) is 24.5 Å². The highest BCUT2D eigenvalue weighted by molar-refractivity contribution is 5.53. The minimum absolute atomic E-state index is 0.437. The number of halogens is 3. The number of rotatable bonds is 11. The Morgan fingerprint density at radius 3 is 2.33 bits per heavy atom. The summed E-state index contributed by atoms with van der Waals surface area (Å²) < 4.78 is 46.1. The molecule has 0 aliphatic carbocycles. The molecule has 0 aromatic heterocycles. The number of hydrogen-bond donors (Lipinski definition) is 0. The van der Waals surface area contributed by atoms with Crippen molar-refractivity contribution in [1.29, 1.82) is 0 Å². The van der Waals surface area contributed by atoms with Crippen LogP contribution in [-0.4, -0.2) is 31.8 Å². The molecular formula is C33H39F3N2O. The molecule has 3 aromatic rings. The quantitative estimate of drug-likeness (QED) is 0.228. The maximum absolute atomic E-state index is 13.2. The molecule has 0 radical (unpaired) electrons. The van der Waals surface area contributed by atoms with Crippen molar-refractivity contribution in [3.63, 3.8) is 0 Å². The van der Waals surface area contributed by atoms with E-state index in [0.29, 0.717) is 12.3 Å². The van der Waals surface area contributed by atoms with Gasteiger partial charge in [0, 0.05) is 31.0 Å². The fourth-order valence-electron chi connectivity index (χ4n) is 5.51. The Morgan fingerprint density at radius 2 is 1.67 bits per heavy atom. The lowest BCUT2D eigenvalue weighted by Crippen LogP contribution is -2.53. The number of ether oxygens (including phenoxy) is 1. The Kier molecular flexibility index (Phi) is 9.26. The van der Waals surface area contributed by atoms with E-state index in [-0.39, 0.29) is 0 Å². The van der Waals surface area contributed by atoms with Gasteiger partial charge in [-0.3, -0.25) is 0 Å². The van der Waals surface area contributed by atoms with Gasteiger partial charge in [-0.15, -0.1) is 0 Å². The number of aryl methyl sites for hydroxylation is 1. The molecule has 1 aliphatic heterocycles. The van der Waals surface area contributed by atoms with Gasteiger partial charge in [0.05, 0.1) is 12.1 Å². The molecule has 0 spiro atoms. The molecule has 0 saturated carbocycles. The highest BCUT2D eigenvalue weighted by Crippen LogP contribution is 2.38. The van der Waals surface area contributed by atoms with E-state index < -0.39 is 17.3 Å². The summed E-state index contributed by atoms with van der Waals surface area (Å²) in [4.78, 5) is 4.73. The highest BCUT2D eigenvalue weighted by Gasteiger charge is 2.40. The summed E-state index contributed by atoms with van der Waals surface area (Å²) in [6, 6.07) is 23.7. The van der Waals surface area contributed by atoms with E-state index in [1.54, 1.807) is 0 Å². The van der Waals surface area contributed by atoms with E-state index in [0.717, 1.165) is 75.1 Å². The van der Waals surface area contributed by atoms with Gasteiger partial charge in [-0.25, -0.2) is 0 Å². The van der Waals surface area contributed by atoms with Crippen LogP contribution in [0.1, 0.15) is 50.2 Å². The molecule has 0 bridgehead atoms. The van der Waals surface area contributed by atoms with E-state index in [2.05, 4.69) is 66.6 Å². The predicted octanol–water partition coefficient (Wildman–Crippen LogP) is 8.68. The zero-order valence-corrected chi connectivity index (χ0v) is 23.0. The van der Waals surface area contributed by atoms with Gasteiger partial charge in [0.1, 0.15) is 11.4 Å². The minimum Gasteiger partial charge on any atom is -0.481 e. The van der Waals surface area contributed by atoms with Crippen LogP contribution in [0.25, 0.3) is 0 Å². The first-order valence-electron chi connectivity index (χ1n) is 13.9. The van der Waals surface area contributed by atoms with Crippen LogP contribution in [0.5, 0.6) is 5.75 Å². The summed E-state index contributed by atoms with van der Waals surface area (Å²) in [5.41, 5.74) is 3.26. The topological polar surface area (TPSA) is 15.7 Å². The predicted molar refractivity (Wildman–Crippen MR) is 155 cm³/mol. The molecule has 1 fully saturated rings. The van der Waals surface area contributed by atoms with Gasteiger partial charge in [0.25, 0.3) is 0 Å². The van der Waals surface area contributed by atoms with E-state index in [1.807, 2.05) is 18.2 Å². The molecule has 1 saturated heterocycles. The van der Waals surface area contributed by atoms with Crippen LogP contribution in [0.2, 0.25) is 0 Å². The molecule has 6 heteroatoms. The third kappa shape index (κ3) is 7.17. The standard InChI is InChI=1S/C33H39F3N2O/c1-4-22-37(31-16-9-8-12-26(31)2)23-10-13-27(3)32(39-30-19-17-28(18-20-30)33(34,35)36)21-11-24-38(25-32)29-14-6-5-7-15-29/h5-9,12,14-20H,3-4,10-11,13,21-25H2,1-2H3. The second kappa shape index (κ2) is 12.6. The molecule has 208 valence electrons. The lowest BCUT2D eigenvalue weighted by molar-refractivity contribution is -0.137. The molecule has 0 amide bonds. The fraction of sp³-hybridized carbons (Fsp3) is 0.394. The Labute approximate surface area is 230 Å². The number of para-hydroxylation sites is 2. The zero-order valence-electron chi connectivity index (χ0n) is 23.0. The van der Waals surface area contributed by atoms with Crippen molar-refractivity contribution in [2.24, 2.45) is 0 Å². The van der Waals surface area contributed by atoms with Crippen molar-refractivity contribution in [2.75, 3.05) is 36.0 Å². The molecule has 1 aliphatic rings. The monoisotopic (exact) mass is 536 g/mol. The zero-order chi connectivity index (χ0) is 27.9.